The summed E-state index contributed by atoms with van der Waals surface area (Å²) in [4.78, 5) is 0. The van der Waals surface area contributed by atoms with Crippen LogP contribution < -0.4 is 11.5 Å². The molecule has 0 heterocycles. The smallest absolute Gasteiger partial charge is 0.185 e. The van der Waals surface area contributed by atoms with E-state index in [0.29, 0.717) is 0 Å². The Morgan fingerprint density at radius 1 is 0.478 bits per heavy atom. The van der Waals surface area contributed by atoms with Gasteiger partial charge in [-0.25, -0.2) is 52.7 Å². The summed E-state index contributed by atoms with van der Waals surface area (Å²) in [5, 5.41) is 28.3. The van der Waals surface area contributed by atoms with E-state index in [1.54, 1.807) is 0 Å². The molecule has 3 aromatic rings. The Balaban J connectivity index is 2.32. The van der Waals surface area contributed by atoms with Gasteiger partial charge in [0, 0.05) is 16.7 Å². The van der Waals surface area contributed by atoms with Crippen molar-refractivity contribution in [2.45, 2.75) is 0 Å². The van der Waals surface area contributed by atoms with Gasteiger partial charge in [0.25, 0.3) is 0 Å². The van der Waals surface area contributed by atoms with Crippen molar-refractivity contribution < 1.29 is 52.7 Å². The van der Waals surface area contributed by atoms with E-state index in [9.17, 15) is 63.2 Å². The largest absolute Gasteiger partial charge is 0.398 e. The first-order chi connectivity index (χ1) is 21.5. The number of nitrogen functional groups attached to an aromatic ring is 1. The van der Waals surface area contributed by atoms with E-state index < -0.39 is 137 Å². The third kappa shape index (κ3) is 4.37. The van der Waals surface area contributed by atoms with Crippen molar-refractivity contribution in [2.24, 2.45) is 5.73 Å². The molecule has 0 saturated heterocycles. The second-order valence-corrected chi connectivity index (χ2v) is 8.82. The molecular formula is C29H5F12N5. The van der Waals surface area contributed by atoms with Gasteiger partial charge in [-0.05, 0) is 0 Å². The summed E-state index contributed by atoms with van der Waals surface area (Å²) >= 11 is 0. The number of nitrogens with two attached hydrogens (primary N) is 2. The summed E-state index contributed by atoms with van der Waals surface area (Å²) in [7, 11) is 0. The van der Waals surface area contributed by atoms with Crippen LogP contribution in [0.1, 0.15) is 27.8 Å². The fourth-order valence-electron chi connectivity index (χ4n) is 4.37. The second kappa shape index (κ2) is 11.3. The number of nitrogens with zero attached hydrogens (tertiary/aromatic N) is 3. The number of halogens is 12. The van der Waals surface area contributed by atoms with Gasteiger partial charge in [0.05, 0.1) is 33.5 Å². The first-order valence-corrected chi connectivity index (χ1v) is 11.6. The molecule has 4 N–H and O–H groups in total. The molecule has 3 aromatic carbocycles. The monoisotopic (exact) mass is 651 g/mol. The predicted octanol–water partition coefficient (Wildman–Crippen LogP) is 6.43. The molecule has 1 aliphatic carbocycles. The molecule has 4 rings (SSSR count). The van der Waals surface area contributed by atoms with Gasteiger partial charge >= 0.3 is 0 Å². The lowest BCUT2D eigenvalue weighted by molar-refractivity contribution is 0.446. The van der Waals surface area contributed by atoms with Gasteiger partial charge in [-0.1, -0.05) is 5.92 Å². The van der Waals surface area contributed by atoms with Crippen molar-refractivity contribution in [3.8, 4) is 30.6 Å². The summed E-state index contributed by atoms with van der Waals surface area (Å²) in [5.41, 5.74) is -9.15. The maximum absolute atomic E-state index is 15.0. The molecule has 0 atom stereocenters. The van der Waals surface area contributed by atoms with E-state index in [1.165, 1.54) is 5.92 Å². The molecule has 1 aliphatic rings. The van der Waals surface area contributed by atoms with Gasteiger partial charge < -0.3 is 11.5 Å². The number of hydrogen-bond acceptors (Lipinski definition) is 5. The normalized spacial score (nSPS) is 15.4. The van der Waals surface area contributed by atoms with E-state index in [-0.39, 0.29) is 0 Å². The number of anilines is 1. The van der Waals surface area contributed by atoms with Gasteiger partial charge in [-0.15, -0.1) is 6.42 Å². The maximum atomic E-state index is 15.0. The molecule has 230 valence electrons. The van der Waals surface area contributed by atoms with Crippen molar-refractivity contribution in [3.05, 3.63) is 114 Å². The summed E-state index contributed by atoms with van der Waals surface area (Å²) < 4.78 is 176. The van der Waals surface area contributed by atoms with E-state index >= 15 is 0 Å². The fraction of sp³-hybridized carbons (Fsp3) is 0. The summed E-state index contributed by atoms with van der Waals surface area (Å²) in [6.45, 7) is 0. The minimum absolute atomic E-state index is 0.797. The molecule has 5 nitrogen and oxygen atoms in total. The topological polar surface area (TPSA) is 123 Å². The number of nitriles is 3. The molecule has 0 aromatic heterocycles. The third-order valence-corrected chi connectivity index (χ3v) is 6.53. The quantitative estimate of drug-likeness (QED) is 0.111. The average Bonchev–Trinajstić information content (AvgIpc) is 3.76. The Labute approximate surface area is 247 Å². The van der Waals surface area contributed by atoms with Crippen molar-refractivity contribution in [1.82, 2.24) is 0 Å². The van der Waals surface area contributed by atoms with E-state index in [1.807, 2.05) is 0 Å². The molecular weight excluding hydrogens is 646 g/mol. The van der Waals surface area contributed by atoms with Gasteiger partial charge in [0.1, 0.15) is 35.0 Å². The fourth-order valence-corrected chi connectivity index (χ4v) is 4.37. The van der Waals surface area contributed by atoms with Crippen molar-refractivity contribution in [1.29, 1.82) is 15.8 Å². The minimum Gasteiger partial charge on any atom is -0.398 e. The van der Waals surface area contributed by atoms with Crippen LogP contribution in [0.5, 0.6) is 0 Å². The van der Waals surface area contributed by atoms with Crippen molar-refractivity contribution in [2.75, 3.05) is 5.73 Å². The lowest BCUT2D eigenvalue weighted by atomic mass is 9.99. The second-order valence-electron chi connectivity index (χ2n) is 8.82. The van der Waals surface area contributed by atoms with Gasteiger partial charge in [-0.3, -0.25) is 0 Å². The first kappa shape index (κ1) is 32.6. The average molecular weight is 651 g/mol. The predicted molar refractivity (Wildman–Crippen MR) is 132 cm³/mol. The Kier molecular flexibility index (Phi) is 8.01. The lowest BCUT2D eigenvalue weighted by Crippen LogP contribution is -2.10. The first-order valence-electron chi connectivity index (χ1n) is 11.6. The van der Waals surface area contributed by atoms with Gasteiger partial charge in [0.15, 0.2) is 69.8 Å². The molecule has 0 unspecified atom stereocenters. The summed E-state index contributed by atoms with van der Waals surface area (Å²) in [6, 6.07) is 2.84. The van der Waals surface area contributed by atoms with Crippen LogP contribution in [-0.2, 0) is 0 Å². The van der Waals surface area contributed by atoms with Crippen LogP contribution in [0.25, 0.3) is 16.8 Å². The molecule has 0 aliphatic heterocycles. The van der Waals surface area contributed by atoms with E-state index in [4.69, 9.17) is 23.2 Å². The highest BCUT2D eigenvalue weighted by Gasteiger charge is 2.45. The highest BCUT2D eigenvalue weighted by Crippen LogP contribution is 2.56. The molecule has 0 bridgehead atoms. The Bertz CT molecular complexity index is 2150. The zero-order chi connectivity index (χ0) is 34.7. The van der Waals surface area contributed by atoms with Crippen LogP contribution in [0.2, 0.25) is 0 Å². The van der Waals surface area contributed by atoms with E-state index in [2.05, 4.69) is 0 Å². The third-order valence-electron chi connectivity index (χ3n) is 6.53. The Morgan fingerprint density at radius 2 is 0.804 bits per heavy atom. The minimum atomic E-state index is -2.46. The molecule has 1 fully saturated rings. The molecule has 0 amide bonds. The number of hydrogen-bond donors (Lipinski definition) is 2. The van der Waals surface area contributed by atoms with Crippen molar-refractivity contribution >= 4 is 22.5 Å². The summed E-state index contributed by atoms with van der Waals surface area (Å²) in [6.07, 6.45) is 4.83. The Morgan fingerprint density at radius 3 is 1.13 bits per heavy atom. The van der Waals surface area contributed by atoms with Crippen LogP contribution in [0.3, 0.4) is 0 Å². The number of rotatable bonds is 3. The number of benzene rings is 3. The molecule has 1 saturated carbocycles. The molecule has 46 heavy (non-hydrogen) atoms. The molecule has 17 heteroatoms. The number of allylic oxidation sites excluding steroid dienone is 5. The molecule has 0 spiro atoms. The zero-order valence-electron chi connectivity index (χ0n) is 21.6. The van der Waals surface area contributed by atoms with Crippen LogP contribution >= 0.6 is 0 Å². The standard InChI is InChI=1S/C29H5F12N5/c1-2-6-16(30)24(38)15(25(39)17(6)31)28(45)14-10(7(3-42)12-20(34)18(32)9(5-44)19(33)21(12)35)11(14)8(4-43)13-22(36)26(40)29(46)27(41)23(13)37/h1H,45-46H2. The van der Waals surface area contributed by atoms with E-state index in [0.717, 1.165) is 18.2 Å². The van der Waals surface area contributed by atoms with Crippen LogP contribution in [0, 0.1) is 116 Å². The zero-order valence-corrected chi connectivity index (χ0v) is 21.6. The number of terminal acetylenes is 1. The molecule has 0 radical (unpaired) electrons. The highest BCUT2D eigenvalue weighted by atomic mass is 19.2. The van der Waals surface area contributed by atoms with Crippen LogP contribution in [-0.4, -0.2) is 0 Å². The lowest BCUT2D eigenvalue weighted by Gasteiger charge is -2.09. The van der Waals surface area contributed by atoms with Crippen LogP contribution in [0.4, 0.5) is 58.4 Å². The van der Waals surface area contributed by atoms with Crippen LogP contribution in [0.15, 0.2) is 16.7 Å². The van der Waals surface area contributed by atoms with Gasteiger partial charge in [0.2, 0.25) is 0 Å². The summed E-state index contributed by atoms with van der Waals surface area (Å²) in [5.74, 6) is -27.0. The highest BCUT2D eigenvalue weighted by molar-refractivity contribution is 6.10. The Hall–Kier alpha value is -6.33. The van der Waals surface area contributed by atoms with Gasteiger partial charge in [-0.2, -0.15) is 15.8 Å². The van der Waals surface area contributed by atoms with Crippen molar-refractivity contribution in [3.63, 3.8) is 0 Å². The maximum Gasteiger partial charge on any atom is 0.185 e. The SMILES string of the molecule is C#Cc1c(F)c(F)c(C(N)=C2C(=C(C#N)c3c(F)c(F)c(N)c(F)c3F)C2=C(C#N)c2c(F)c(F)c(C#N)c(F)c2F)c(F)c1F.